The van der Waals surface area contributed by atoms with Gasteiger partial charge in [-0.05, 0) is 45.4 Å². The van der Waals surface area contributed by atoms with Crippen LogP contribution in [0, 0.1) is 6.92 Å². The lowest BCUT2D eigenvalue weighted by molar-refractivity contribution is -0.274. The standard InChI is InChI=1S/C12H16F3NO2S.2C2H6/c1-8-5-6-9(19(17)16-11(2,3)4)7-10(8)18-12(13,14)15;2*1-2/h5-7,16H,1-4H3;2*1-2H3. The van der Waals surface area contributed by atoms with Crippen LogP contribution in [0.15, 0.2) is 23.1 Å². The molecular weight excluding hydrogens is 327 g/mol. The van der Waals surface area contributed by atoms with Gasteiger partial charge in [-0.15, -0.1) is 13.2 Å². The Bertz CT molecular complexity index is 483. The smallest absolute Gasteiger partial charge is 0.405 e. The molecule has 0 amide bonds. The summed E-state index contributed by atoms with van der Waals surface area (Å²) < 4.78 is 55.3. The molecule has 136 valence electrons. The normalized spacial score (nSPS) is 12.3. The van der Waals surface area contributed by atoms with Crippen molar-refractivity contribution in [2.24, 2.45) is 0 Å². The Balaban J connectivity index is 0. The van der Waals surface area contributed by atoms with Gasteiger partial charge in [0.15, 0.2) is 0 Å². The molecule has 0 fully saturated rings. The lowest BCUT2D eigenvalue weighted by Gasteiger charge is -2.20. The van der Waals surface area contributed by atoms with Gasteiger partial charge in [-0.1, -0.05) is 33.8 Å². The first-order valence-corrected chi connectivity index (χ1v) is 8.69. The van der Waals surface area contributed by atoms with Crippen LogP contribution in [0.25, 0.3) is 0 Å². The predicted molar refractivity (Wildman–Crippen MR) is 89.9 cm³/mol. The van der Waals surface area contributed by atoms with Gasteiger partial charge in [0.1, 0.15) is 16.7 Å². The van der Waals surface area contributed by atoms with E-state index in [9.17, 15) is 17.4 Å². The molecule has 0 aliphatic carbocycles. The minimum absolute atomic E-state index is 0.236. The molecule has 1 rings (SSSR count). The van der Waals surface area contributed by atoms with Crippen molar-refractivity contribution >= 4 is 11.0 Å². The van der Waals surface area contributed by atoms with Crippen molar-refractivity contribution in [2.45, 2.75) is 72.2 Å². The third kappa shape index (κ3) is 11.1. The summed E-state index contributed by atoms with van der Waals surface area (Å²) in [5.41, 5.74) is -0.0883. The third-order valence-corrected chi connectivity index (χ3v) is 3.48. The van der Waals surface area contributed by atoms with Gasteiger partial charge in [-0.25, -0.2) is 8.93 Å². The van der Waals surface area contributed by atoms with Crippen molar-refractivity contribution in [1.29, 1.82) is 0 Å². The van der Waals surface area contributed by atoms with E-state index in [1.807, 2.05) is 48.5 Å². The van der Waals surface area contributed by atoms with Crippen molar-refractivity contribution < 1.29 is 22.1 Å². The van der Waals surface area contributed by atoms with Gasteiger partial charge in [-0.3, -0.25) is 0 Å². The molecule has 1 N–H and O–H groups in total. The van der Waals surface area contributed by atoms with E-state index in [1.54, 1.807) is 0 Å². The Morgan fingerprint density at radius 2 is 1.52 bits per heavy atom. The Hall–Kier alpha value is -1.08. The lowest BCUT2D eigenvalue weighted by Crippen LogP contribution is -2.37. The Morgan fingerprint density at radius 3 is 1.91 bits per heavy atom. The Labute approximate surface area is 140 Å². The molecule has 0 saturated carbocycles. The monoisotopic (exact) mass is 355 g/mol. The van der Waals surface area contributed by atoms with E-state index in [1.165, 1.54) is 19.1 Å². The van der Waals surface area contributed by atoms with Gasteiger partial charge in [0, 0.05) is 5.54 Å². The van der Waals surface area contributed by atoms with Gasteiger partial charge in [0.2, 0.25) is 0 Å². The third-order valence-electron chi connectivity index (χ3n) is 2.00. The van der Waals surface area contributed by atoms with Crippen LogP contribution in [-0.4, -0.2) is 16.1 Å². The quantitative estimate of drug-likeness (QED) is 0.793. The first kappa shape index (κ1) is 24.2. The van der Waals surface area contributed by atoms with Crippen LogP contribution >= 0.6 is 0 Å². The number of ether oxygens (including phenoxy) is 1. The van der Waals surface area contributed by atoms with Crippen molar-refractivity contribution in [1.82, 2.24) is 4.72 Å². The first-order chi connectivity index (χ1) is 10.5. The highest BCUT2D eigenvalue weighted by molar-refractivity contribution is 7.83. The second-order valence-electron chi connectivity index (χ2n) is 5.10. The average Bonchev–Trinajstić information content (AvgIpc) is 2.42. The topological polar surface area (TPSA) is 38.3 Å². The SMILES string of the molecule is CC.CC.Cc1ccc(S(=O)NC(C)(C)C)cc1OC(F)(F)F. The summed E-state index contributed by atoms with van der Waals surface area (Å²) in [7, 11) is -1.60. The highest BCUT2D eigenvalue weighted by Gasteiger charge is 2.32. The number of rotatable bonds is 3. The molecule has 0 bridgehead atoms. The number of hydrogen-bond donors (Lipinski definition) is 1. The predicted octanol–water partition coefficient (Wildman–Crippen LogP) is 5.36. The zero-order valence-electron chi connectivity index (χ0n) is 15.1. The molecule has 0 radical (unpaired) electrons. The van der Waals surface area contributed by atoms with E-state index in [-0.39, 0.29) is 10.6 Å². The van der Waals surface area contributed by atoms with Crippen LogP contribution < -0.4 is 9.46 Å². The number of halogens is 3. The highest BCUT2D eigenvalue weighted by Crippen LogP contribution is 2.28. The van der Waals surface area contributed by atoms with Crippen molar-refractivity contribution in [3.05, 3.63) is 23.8 Å². The molecule has 23 heavy (non-hydrogen) atoms. The highest BCUT2D eigenvalue weighted by atomic mass is 32.2. The molecule has 0 aliphatic rings. The average molecular weight is 355 g/mol. The zero-order valence-corrected chi connectivity index (χ0v) is 15.9. The second kappa shape index (κ2) is 10.6. The number of benzene rings is 1. The molecule has 0 spiro atoms. The van der Waals surface area contributed by atoms with E-state index in [4.69, 9.17) is 0 Å². The minimum Gasteiger partial charge on any atom is -0.405 e. The van der Waals surface area contributed by atoms with Gasteiger partial charge in [-0.2, -0.15) is 0 Å². The van der Waals surface area contributed by atoms with Crippen LogP contribution in [0.2, 0.25) is 0 Å². The number of nitrogens with one attached hydrogen (secondary N) is 1. The maximum absolute atomic E-state index is 12.2. The van der Waals surface area contributed by atoms with Crippen LogP contribution in [0.3, 0.4) is 0 Å². The molecular formula is C16H28F3NO2S. The fourth-order valence-electron chi connectivity index (χ4n) is 1.27. The number of hydrogen-bond acceptors (Lipinski definition) is 2. The van der Waals surface area contributed by atoms with Crippen LogP contribution in [-0.2, 0) is 11.0 Å². The molecule has 7 heteroatoms. The summed E-state index contributed by atoms with van der Waals surface area (Å²) >= 11 is 0. The van der Waals surface area contributed by atoms with Crippen molar-refractivity contribution in [3.8, 4) is 5.75 Å². The van der Waals surface area contributed by atoms with Gasteiger partial charge in [0.25, 0.3) is 0 Å². The minimum atomic E-state index is -4.76. The fraction of sp³-hybridized carbons (Fsp3) is 0.625. The van der Waals surface area contributed by atoms with Gasteiger partial charge in [0.05, 0.1) is 4.90 Å². The summed E-state index contributed by atoms with van der Waals surface area (Å²) in [5, 5.41) is 0. The molecule has 3 nitrogen and oxygen atoms in total. The van der Waals surface area contributed by atoms with E-state index >= 15 is 0 Å². The van der Waals surface area contributed by atoms with Crippen molar-refractivity contribution in [2.75, 3.05) is 0 Å². The molecule has 1 aromatic carbocycles. The second-order valence-corrected chi connectivity index (χ2v) is 6.31. The zero-order chi connectivity index (χ0) is 18.8. The summed E-state index contributed by atoms with van der Waals surface area (Å²) in [5.74, 6) is -0.339. The Kier molecular flexibility index (Phi) is 11.2. The van der Waals surface area contributed by atoms with Crippen LogP contribution in [0.1, 0.15) is 54.0 Å². The number of aryl methyl sites for hydroxylation is 1. The summed E-state index contributed by atoms with van der Waals surface area (Å²) in [6.45, 7) is 14.9. The molecule has 1 aromatic rings. The van der Waals surface area contributed by atoms with E-state index in [0.29, 0.717) is 5.56 Å². The molecule has 0 aromatic heterocycles. The molecule has 0 aliphatic heterocycles. The van der Waals surface area contributed by atoms with Gasteiger partial charge >= 0.3 is 6.36 Å². The van der Waals surface area contributed by atoms with E-state index in [0.717, 1.165) is 6.07 Å². The molecule has 0 saturated heterocycles. The number of alkyl halides is 3. The largest absolute Gasteiger partial charge is 0.573 e. The van der Waals surface area contributed by atoms with Crippen LogP contribution in [0.4, 0.5) is 13.2 Å². The lowest BCUT2D eigenvalue weighted by atomic mass is 10.1. The first-order valence-electron chi connectivity index (χ1n) is 7.54. The fourth-order valence-corrected chi connectivity index (χ4v) is 2.35. The molecule has 1 atom stereocenters. The van der Waals surface area contributed by atoms with Crippen molar-refractivity contribution in [3.63, 3.8) is 0 Å². The van der Waals surface area contributed by atoms with E-state index < -0.39 is 22.9 Å². The summed E-state index contributed by atoms with van der Waals surface area (Å²) in [6.07, 6.45) is -4.76. The van der Waals surface area contributed by atoms with Crippen LogP contribution in [0.5, 0.6) is 5.75 Å². The molecule has 1 unspecified atom stereocenters. The maximum atomic E-state index is 12.2. The molecule has 0 heterocycles. The Morgan fingerprint density at radius 1 is 1.04 bits per heavy atom. The van der Waals surface area contributed by atoms with E-state index in [2.05, 4.69) is 9.46 Å². The maximum Gasteiger partial charge on any atom is 0.573 e. The summed E-state index contributed by atoms with van der Waals surface area (Å²) in [6, 6.07) is 4.09. The summed E-state index contributed by atoms with van der Waals surface area (Å²) in [4.78, 5) is 0.236. The van der Waals surface area contributed by atoms with Gasteiger partial charge < -0.3 is 4.74 Å².